The molecule has 2 fully saturated rings. The number of benzene rings is 3. The number of thiol groups is 2. The summed E-state index contributed by atoms with van der Waals surface area (Å²) in [6.45, 7) is 0. The molecule has 0 spiro atoms. The first-order valence-electron chi connectivity index (χ1n) is 13.2. The number of para-hydroxylation sites is 2. The van der Waals surface area contributed by atoms with Crippen LogP contribution in [0, 0.1) is 0 Å². The molecule has 0 saturated carbocycles. The Bertz CT molecular complexity index is 1720. The van der Waals surface area contributed by atoms with Gasteiger partial charge in [-0.2, -0.15) is 25.3 Å². The van der Waals surface area contributed by atoms with Crippen molar-refractivity contribution in [3.05, 3.63) is 93.9 Å². The molecular weight excluding hydrogens is 609 g/mol. The molecular formula is C30H22N4O4S4. The largest absolute Gasteiger partial charge is 0.274 e. The molecule has 4 heterocycles. The summed E-state index contributed by atoms with van der Waals surface area (Å²) in [5.41, 5.74) is 2.79. The van der Waals surface area contributed by atoms with Gasteiger partial charge in [0.05, 0.1) is 30.9 Å². The molecule has 2 aliphatic rings. The smallest absolute Gasteiger partial charge is 0.243 e. The first-order valence-corrected chi connectivity index (χ1v) is 15.9. The Morgan fingerprint density at radius 1 is 0.643 bits per heavy atom. The van der Waals surface area contributed by atoms with Crippen molar-refractivity contribution >= 4 is 92.0 Å². The summed E-state index contributed by atoms with van der Waals surface area (Å²) in [5, 5.41) is -0.309. The average molecular weight is 631 g/mol. The summed E-state index contributed by atoms with van der Waals surface area (Å²) in [6.07, 6.45) is -0.00501. The predicted octanol–water partition coefficient (Wildman–Crippen LogP) is 5.20. The summed E-state index contributed by atoms with van der Waals surface area (Å²) < 4.78 is 1.85. The standard InChI is InChI=1S/C30H22N4O4S4/c35-23-13-19(39)29(37)33(23)25(27-31-17-8-1-3-10-21(17)41-27)15-6-5-7-16(12-15)26(34-24(36)14-20(40)30(34)38)28-32-18-9-2-4-11-22(18)42-28/h1-12,19-20,25-26,39-40H,13-14H2. The lowest BCUT2D eigenvalue weighted by Crippen LogP contribution is -2.37. The number of aromatic nitrogens is 2. The van der Waals surface area contributed by atoms with Gasteiger partial charge in [-0.15, -0.1) is 22.7 Å². The number of likely N-dealkylation sites (tertiary alicyclic amines) is 2. The van der Waals surface area contributed by atoms with Crippen LogP contribution >= 0.6 is 47.9 Å². The van der Waals surface area contributed by atoms with Crippen LogP contribution in [0.1, 0.15) is 46.1 Å². The van der Waals surface area contributed by atoms with Crippen LogP contribution in [0.3, 0.4) is 0 Å². The van der Waals surface area contributed by atoms with Gasteiger partial charge in [-0.1, -0.05) is 48.5 Å². The Labute approximate surface area is 259 Å². The Hall–Kier alpha value is -3.58. The van der Waals surface area contributed by atoms with Crippen LogP contribution in [0.25, 0.3) is 20.4 Å². The van der Waals surface area contributed by atoms with Gasteiger partial charge >= 0.3 is 0 Å². The molecule has 5 aromatic rings. The topological polar surface area (TPSA) is 101 Å². The lowest BCUT2D eigenvalue weighted by Gasteiger charge is -2.28. The average Bonchev–Trinajstić information content (AvgIpc) is 3.72. The summed E-state index contributed by atoms with van der Waals surface area (Å²) in [7, 11) is 0. The molecule has 0 N–H and O–H groups in total. The fourth-order valence-electron chi connectivity index (χ4n) is 5.53. The molecule has 2 aromatic heterocycles. The second-order valence-corrected chi connectivity index (χ2v) is 13.5. The van der Waals surface area contributed by atoms with Crippen LogP contribution in [-0.4, -0.2) is 53.9 Å². The van der Waals surface area contributed by atoms with Crippen molar-refractivity contribution in [2.45, 2.75) is 35.4 Å². The highest BCUT2D eigenvalue weighted by molar-refractivity contribution is 7.82. The van der Waals surface area contributed by atoms with Crippen molar-refractivity contribution in [2.24, 2.45) is 0 Å². The molecule has 7 rings (SSSR count). The zero-order valence-electron chi connectivity index (χ0n) is 21.8. The van der Waals surface area contributed by atoms with Gasteiger partial charge in [0.15, 0.2) is 0 Å². The number of carbonyl (C=O) groups is 4. The Morgan fingerprint density at radius 3 is 1.45 bits per heavy atom. The van der Waals surface area contributed by atoms with Crippen molar-refractivity contribution in [1.29, 1.82) is 0 Å². The normalized spacial score (nSPS) is 20.8. The molecule has 12 heteroatoms. The summed E-state index contributed by atoms with van der Waals surface area (Å²) in [4.78, 5) is 65.1. The van der Waals surface area contributed by atoms with Crippen LogP contribution in [0.15, 0.2) is 72.8 Å². The number of rotatable bonds is 6. The zero-order valence-corrected chi connectivity index (χ0v) is 25.2. The zero-order chi connectivity index (χ0) is 29.1. The summed E-state index contributed by atoms with van der Waals surface area (Å²) >= 11 is 11.5. The van der Waals surface area contributed by atoms with Crippen molar-refractivity contribution in [1.82, 2.24) is 19.8 Å². The van der Waals surface area contributed by atoms with E-state index in [9.17, 15) is 19.2 Å². The number of hydrogen-bond acceptors (Lipinski definition) is 10. The first kappa shape index (κ1) is 27.3. The van der Waals surface area contributed by atoms with Gasteiger partial charge in [0.1, 0.15) is 22.1 Å². The fraction of sp³-hybridized carbons (Fsp3) is 0.200. The monoisotopic (exact) mass is 630 g/mol. The maximum Gasteiger partial charge on any atom is 0.243 e. The Morgan fingerprint density at radius 2 is 1.07 bits per heavy atom. The predicted molar refractivity (Wildman–Crippen MR) is 168 cm³/mol. The van der Waals surface area contributed by atoms with Gasteiger partial charge in [-0.3, -0.25) is 29.0 Å². The lowest BCUT2D eigenvalue weighted by atomic mass is 9.98. The Balaban J connectivity index is 1.40. The van der Waals surface area contributed by atoms with Crippen LogP contribution in [0.4, 0.5) is 0 Å². The van der Waals surface area contributed by atoms with Crippen LogP contribution in [0.5, 0.6) is 0 Å². The fourth-order valence-corrected chi connectivity index (χ4v) is 8.26. The van der Waals surface area contributed by atoms with E-state index in [-0.39, 0.29) is 36.5 Å². The molecule has 2 aliphatic heterocycles. The highest BCUT2D eigenvalue weighted by Gasteiger charge is 2.45. The number of imide groups is 2. The molecule has 4 amide bonds. The molecule has 42 heavy (non-hydrogen) atoms. The van der Waals surface area contributed by atoms with Crippen LogP contribution < -0.4 is 0 Å². The third kappa shape index (κ3) is 4.53. The number of fused-ring (bicyclic) bond motifs is 2. The molecule has 0 bridgehead atoms. The molecule has 4 unspecified atom stereocenters. The second kappa shape index (κ2) is 10.6. The van der Waals surface area contributed by atoms with Crippen molar-refractivity contribution < 1.29 is 19.2 Å². The van der Waals surface area contributed by atoms with E-state index in [1.807, 2.05) is 66.7 Å². The minimum atomic E-state index is -0.807. The number of amides is 4. The van der Waals surface area contributed by atoms with Crippen LogP contribution in [0.2, 0.25) is 0 Å². The van der Waals surface area contributed by atoms with Gasteiger partial charge in [0.25, 0.3) is 0 Å². The maximum absolute atomic E-state index is 13.3. The van der Waals surface area contributed by atoms with E-state index in [0.717, 1.165) is 20.4 Å². The van der Waals surface area contributed by atoms with E-state index < -0.39 is 22.6 Å². The van der Waals surface area contributed by atoms with E-state index >= 15 is 0 Å². The molecule has 4 atom stereocenters. The number of carbonyl (C=O) groups excluding carboxylic acids is 4. The van der Waals surface area contributed by atoms with Crippen molar-refractivity contribution in [2.75, 3.05) is 0 Å². The molecule has 210 valence electrons. The first-order chi connectivity index (χ1) is 20.3. The third-order valence-corrected chi connectivity index (χ3v) is 10.5. The van der Waals surface area contributed by atoms with E-state index in [2.05, 4.69) is 25.3 Å². The van der Waals surface area contributed by atoms with Gasteiger partial charge in [-0.05, 0) is 35.4 Å². The van der Waals surface area contributed by atoms with E-state index in [4.69, 9.17) is 9.97 Å². The van der Waals surface area contributed by atoms with Crippen molar-refractivity contribution in [3.8, 4) is 0 Å². The van der Waals surface area contributed by atoms with Gasteiger partial charge < -0.3 is 0 Å². The van der Waals surface area contributed by atoms with Crippen LogP contribution in [-0.2, 0) is 19.2 Å². The summed E-state index contributed by atoms with van der Waals surface area (Å²) in [6, 6.07) is 21.0. The highest BCUT2D eigenvalue weighted by Crippen LogP contribution is 2.42. The molecule has 3 aromatic carbocycles. The number of thiazole rings is 2. The van der Waals surface area contributed by atoms with Gasteiger partial charge in [-0.25, -0.2) is 9.97 Å². The number of hydrogen-bond donors (Lipinski definition) is 2. The van der Waals surface area contributed by atoms with Gasteiger partial charge in [0.2, 0.25) is 23.6 Å². The molecule has 0 radical (unpaired) electrons. The quantitative estimate of drug-likeness (QED) is 0.198. The van der Waals surface area contributed by atoms with E-state index in [1.54, 1.807) is 6.07 Å². The number of nitrogens with zero attached hydrogens (tertiary/aromatic N) is 4. The minimum absolute atomic E-state index is 0.00251. The van der Waals surface area contributed by atoms with Gasteiger partial charge in [0, 0.05) is 12.8 Å². The lowest BCUT2D eigenvalue weighted by molar-refractivity contribution is -0.141. The molecule has 0 aliphatic carbocycles. The SMILES string of the molecule is O=C1CC(S)C(=O)N1C(c1cccc(C(c2nc3ccccc3s2)N2C(=O)CC(S)C2=O)c1)c1nc2ccccc2s1. The highest BCUT2D eigenvalue weighted by atomic mass is 32.1. The van der Waals surface area contributed by atoms with Crippen molar-refractivity contribution in [3.63, 3.8) is 0 Å². The molecule has 8 nitrogen and oxygen atoms in total. The second-order valence-electron chi connectivity index (χ2n) is 10.2. The summed E-state index contributed by atoms with van der Waals surface area (Å²) in [5.74, 6) is -1.44. The maximum atomic E-state index is 13.3. The third-order valence-electron chi connectivity index (χ3n) is 7.47. The van der Waals surface area contributed by atoms with E-state index in [0.29, 0.717) is 21.1 Å². The Kier molecular flexibility index (Phi) is 6.88. The minimum Gasteiger partial charge on any atom is -0.274 e. The molecule has 2 saturated heterocycles. The van der Waals surface area contributed by atoms with E-state index in [1.165, 1.54) is 32.5 Å².